The van der Waals surface area contributed by atoms with Crippen molar-refractivity contribution in [2.24, 2.45) is 0 Å². The molecule has 2 aromatic carbocycles. The summed E-state index contributed by atoms with van der Waals surface area (Å²) >= 11 is 10.3. The van der Waals surface area contributed by atoms with E-state index in [1.165, 1.54) is 0 Å². The second-order valence-electron chi connectivity index (χ2n) is 5.31. The van der Waals surface area contributed by atoms with Gasteiger partial charge in [-0.25, -0.2) is 0 Å². The third-order valence-electron chi connectivity index (χ3n) is 3.45. The van der Waals surface area contributed by atoms with Crippen molar-refractivity contribution in [1.82, 2.24) is 0 Å². The molecule has 0 aromatic heterocycles. The van der Waals surface area contributed by atoms with Crippen LogP contribution in [-0.2, 0) is 26.7 Å². The molecule has 145 valence electrons. The zero-order chi connectivity index (χ0) is 18.9. The first kappa shape index (κ1) is 22.2. The van der Waals surface area contributed by atoms with Crippen LogP contribution in [0.25, 0.3) is 0 Å². The third-order valence-corrected chi connectivity index (χ3v) is 6.87. The molecule has 2 heterocycles. The Balaban J connectivity index is 0.000000187. The van der Waals surface area contributed by atoms with E-state index in [1.807, 2.05) is 48.5 Å². The molecule has 27 heavy (non-hydrogen) atoms. The largest absolute Gasteiger partial charge is 2.00 e. The number of carbonyl (C=O) groups is 2. The van der Waals surface area contributed by atoms with E-state index in [9.17, 15) is 19.8 Å². The molecule has 0 fully saturated rings. The number of nitrogens with one attached hydrogen (secondary N) is 2. The van der Waals surface area contributed by atoms with E-state index in [1.54, 1.807) is 0 Å². The fourth-order valence-corrected chi connectivity index (χ4v) is 4.95. The minimum atomic E-state index is -1.33. The zero-order valence-corrected chi connectivity index (χ0v) is 17.6. The monoisotopic (exact) mass is 487 g/mol. The first-order valence-electron chi connectivity index (χ1n) is 7.23. The number of para-hydroxylation sites is 2. The number of carboxylic acids is 2. The Bertz CT molecular complexity index is 762. The van der Waals surface area contributed by atoms with Crippen LogP contribution < -0.4 is 20.8 Å². The third kappa shape index (κ3) is 4.67. The van der Waals surface area contributed by atoms with Crippen molar-refractivity contribution < 1.29 is 36.9 Å². The molecule has 4 rings (SSSR count). The zero-order valence-electron chi connectivity index (χ0n) is 13.3. The molecule has 0 amide bonds. The molecule has 2 N–H and O–H groups in total. The molecule has 0 spiro atoms. The summed E-state index contributed by atoms with van der Waals surface area (Å²) in [6.07, 6.45) is 0. The van der Waals surface area contributed by atoms with Crippen LogP contribution in [0.1, 0.15) is 0 Å². The number of anilines is 2. The van der Waals surface area contributed by atoms with Gasteiger partial charge in [0, 0.05) is 21.2 Å². The Kier molecular flexibility index (Phi) is 6.99. The number of aliphatic carboxylic acids is 2. The van der Waals surface area contributed by atoms with Crippen LogP contribution in [0.15, 0.2) is 58.3 Å². The summed E-state index contributed by atoms with van der Waals surface area (Å²) in [6.45, 7) is 0. The van der Waals surface area contributed by atoms with Crippen LogP contribution in [0.5, 0.6) is 0 Å². The number of benzene rings is 2. The van der Waals surface area contributed by atoms with Crippen molar-refractivity contribution >= 4 is 72.1 Å². The maximum absolute atomic E-state index is 10.7. The number of thiol groups is 2. The quantitative estimate of drug-likeness (QED) is 0.368. The first-order chi connectivity index (χ1) is 12.2. The molecule has 0 aliphatic carbocycles. The van der Waals surface area contributed by atoms with E-state index in [-0.39, 0.29) is 17.1 Å². The molecule has 0 saturated carbocycles. The topological polar surface area (TPSA) is 104 Å². The summed E-state index contributed by atoms with van der Waals surface area (Å²) in [5, 5.41) is 27.0. The molecule has 2 aliphatic rings. The normalized spacial score (nSPS) is 24.1. The van der Waals surface area contributed by atoms with Crippen LogP contribution >= 0.6 is 48.8 Å². The van der Waals surface area contributed by atoms with Gasteiger partial charge in [0.15, 0.2) is 8.41 Å². The second-order valence-corrected chi connectivity index (χ2v) is 9.77. The van der Waals surface area contributed by atoms with Gasteiger partial charge in [0.25, 0.3) is 0 Å². The van der Waals surface area contributed by atoms with Crippen LogP contribution in [0, 0.1) is 0 Å². The summed E-state index contributed by atoms with van der Waals surface area (Å²) in [6, 6.07) is 14.7. The summed E-state index contributed by atoms with van der Waals surface area (Å²) in [5.41, 5.74) is 1.57. The molecule has 1 radical (unpaired) electrons. The summed E-state index contributed by atoms with van der Waals surface area (Å²) in [7, 11) is 0. The Morgan fingerprint density at radius 2 is 1.11 bits per heavy atom. The maximum atomic E-state index is 10.7. The van der Waals surface area contributed by atoms with Gasteiger partial charge in [-0.1, -0.05) is 47.8 Å². The number of thioether (sulfide) groups is 2. The van der Waals surface area contributed by atoms with Gasteiger partial charge < -0.3 is 30.4 Å². The van der Waals surface area contributed by atoms with Crippen LogP contribution in [-0.4, -0.2) is 20.3 Å². The smallest absolute Gasteiger partial charge is 0.546 e. The standard InChI is InChI=1S/2C8H7NO2S2.Cu/c2*10-7(11)8(12)9-5-3-1-2-4-6(5)13-8;/h2*1-4,9,12H,(H,10,11);/q;;+2/p-2. The molecule has 0 bridgehead atoms. The van der Waals surface area contributed by atoms with E-state index in [0.29, 0.717) is 0 Å². The van der Waals surface area contributed by atoms with Crippen molar-refractivity contribution in [1.29, 1.82) is 0 Å². The number of hydrogen-bond donors (Lipinski definition) is 4. The van der Waals surface area contributed by atoms with Crippen molar-refractivity contribution in [2.45, 2.75) is 18.2 Å². The van der Waals surface area contributed by atoms with Crippen LogP contribution in [0.2, 0.25) is 0 Å². The first-order valence-corrected chi connectivity index (χ1v) is 9.76. The fraction of sp³-hybridized carbons (Fsp3) is 0.125. The fourth-order valence-electron chi connectivity index (χ4n) is 2.24. The van der Waals surface area contributed by atoms with Gasteiger partial charge in [0.05, 0.1) is 11.9 Å². The maximum Gasteiger partial charge on any atom is 2.00 e. The van der Waals surface area contributed by atoms with E-state index in [2.05, 4.69) is 35.9 Å². The molecular weight excluding hydrogens is 476 g/mol. The van der Waals surface area contributed by atoms with Crippen molar-refractivity contribution in [3.8, 4) is 0 Å². The van der Waals surface area contributed by atoms with Crippen molar-refractivity contribution in [2.75, 3.05) is 10.6 Å². The average molecular weight is 488 g/mol. The second kappa shape index (κ2) is 8.50. The Morgan fingerprint density at radius 1 is 0.778 bits per heavy atom. The van der Waals surface area contributed by atoms with Gasteiger partial charge in [0.1, 0.15) is 0 Å². The Hall–Kier alpha value is -1.10. The predicted octanol–water partition coefficient (Wildman–Crippen LogP) is 1.07. The van der Waals surface area contributed by atoms with Gasteiger partial charge in [-0.05, 0) is 24.3 Å². The van der Waals surface area contributed by atoms with Gasteiger partial charge in [-0.2, -0.15) is 0 Å². The molecule has 11 heteroatoms. The molecular formula is C16H12CuN2O4S4. The SMILES string of the molecule is O=C([O-])C1(S)Nc2ccccc2S1.O=C([O-])C1(S)Nc2ccccc2S1.[Cu+2]. The van der Waals surface area contributed by atoms with E-state index in [0.717, 1.165) is 44.7 Å². The van der Waals surface area contributed by atoms with Gasteiger partial charge in [-0.15, -0.1) is 25.3 Å². The molecule has 0 saturated heterocycles. The predicted molar refractivity (Wildman–Crippen MR) is 105 cm³/mol. The molecule has 2 atom stereocenters. The minimum absolute atomic E-state index is 0. The molecule has 6 nitrogen and oxygen atoms in total. The Labute approximate surface area is 185 Å². The average Bonchev–Trinajstić information content (AvgIpc) is 3.12. The van der Waals surface area contributed by atoms with Gasteiger partial charge >= 0.3 is 17.1 Å². The number of hydrogen-bond acceptors (Lipinski definition) is 10. The van der Waals surface area contributed by atoms with Crippen LogP contribution in [0.3, 0.4) is 0 Å². The number of carboxylic acid groups (broad SMARTS) is 2. The number of rotatable bonds is 2. The Morgan fingerprint density at radius 3 is 1.41 bits per heavy atom. The van der Waals surface area contributed by atoms with Gasteiger partial charge in [0.2, 0.25) is 0 Å². The van der Waals surface area contributed by atoms with E-state index in [4.69, 9.17) is 0 Å². The van der Waals surface area contributed by atoms with Gasteiger partial charge in [-0.3, -0.25) is 0 Å². The van der Waals surface area contributed by atoms with Crippen molar-refractivity contribution in [3.05, 3.63) is 48.5 Å². The van der Waals surface area contributed by atoms with Crippen LogP contribution in [0.4, 0.5) is 11.4 Å². The number of carbonyl (C=O) groups excluding carboxylic acids is 2. The summed E-state index contributed by atoms with van der Waals surface area (Å²) in [5.74, 6) is -2.45. The van der Waals surface area contributed by atoms with E-state index >= 15 is 0 Å². The minimum Gasteiger partial charge on any atom is -0.546 e. The summed E-state index contributed by atoms with van der Waals surface area (Å²) in [4.78, 5) is 23.2. The summed E-state index contributed by atoms with van der Waals surface area (Å²) < 4.78 is -2.66. The molecule has 2 unspecified atom stereocenters. The molecule has 2 aromatic rings. The van der Waals surface area contributed by atoms with E-state index < -0.39 is 20.3 Å². The van der Waals surface area contributed by atoms with Crippen molar-refractivity contribution in [3.63, 3.8) is 0 Å². The number of fused-ring (bicyclic) bond motifs is 2. The molecule has 2 aliphatic heterocycles.